The van der Waals surface area contributed by atoms with Crippen molar-refractivity contribution >= 4 is 0 Å². The Balaban J connectivity index is 2.21. The van der Waals surface area contributed by atoms with E-state index in [2.05, 4.69) is 48.7 Å². The zero-order chi connectivity index (χ0) is 14.5. The predicted octanol–water partition coefficient (Wildman–Crippen LogP) is 3.06. The maximum absolute atomic E-state index is 5.72. The van der Waals surface area contributed by atoms with Crippen LogP contribution in [0.25, 0.3) is 0 Å². The highest BCUT2D eigenvalue weighted by Gasteiger charge is 2.12. The summed E-state index contributed by atoms with van der Waals surface area (Å²) in [5, 5.41) is 0. The molecule has 0 aliphatic heterocycles. The second-order valence-electron chi connectivity index (χ2n) is 5.14. The first-order valence-corrected chi connectivity index (χ1v) is 6.80. The highest BCUT2D eigenvalue weighted by atomic mass is 16.5. The van der Waals surface area contributed by atoms with Gasteiger partial charge in [0.15, 0.2) is 0 Å². The number of hydrogen-bond donors (Lipinski definition) is 2. The molecule has 2 aromatic carbocycles. The van der Waals surface area contributed by atoms with E-state index in [0.717, 1.165) is 23.3 Å². The van der Waals surface area contributed by atoms with Gasteiger partial charge in [0, 0.05) is 0 Å². The number of benzene rings is 2. The molecule has 3 nitrogen and oxygen atoms in total. The van der Waals surface area contributed by atoms with Crippen molar-refractivity contribution in [1.82, 2.24) is 5.43 Å². The zero-order valence-corrected chi connectivity index (χ0v) is 12.3. The fourth-order valence-corrected chi connectivity index (χ4v) is 2.29. The maximum Gasteiger partial charge on any atom is 0.122 e. The summed E-state index contributed by atoms with van der Waals surface area (Å²) in [6, 6.07) is 14.8. The van der Waals surface area contributed by atoms with Gasteiger partial charge in [0.05, 0.1) is 13.2 Å². The van der Waals surface area contributed by atoms with E-state index in [4.69, 9.17) is 10.6 Å². The van der Waals surface area contributed by atoms with E-state index in [9.17, 15) is 0 Å². The summed E-state index contributed by atoms with van der Waals surface area (Å²) >= 11 is 0. The van der Waals surface area contributed by atoms with Gasteiger partial charge in [-0.1, -0.05) is 42.0 Å². The fourth-order valence-electron chi connectivity index (χ4n) is 2.29. The van der Waals surface area contributed by atoms with Crippen LogP contribution in [0, 0.1) is 13.8 Å². The monoisotopic (exact) mass is 270 g/mol. The standard InChI is InChI=1S/C17H22N2O/c1-12-4-7-14(8-5-12)10-16(19-18)15-9-6-13(2)17(11-15)20-3/h4-9,11,16,19H,10,18H2,1-3H3. The van der Waals surface area contributed by atoms with Gasteiger partial charge < -0.3 is 4.74 Å². The molecule has 0 spiro atoms. The summed E-state index contributed by atoms with van der Waals surface area (Å²) in [6.45, 7) is 4.13. The van der Waals surface area contributed by atoms with Gasteiger partial charge in [0.1, 0.15) is 5.75 Å². The average molecular weight is 270 g/mol. The van der Waals surface area contributed by atoms with Gasteiger partial charge in [-0.25, -0.2) is 0 Å². The van der Waals surface area contributed by atoms with E-state index in [1.807, 2.05) is 13.0 Å². The van der Waals surface area contributed by atoms with Crippen LogP contribution in [-0.4, -0.2) is 7.11 Å². The Morgan fingerprint density at radius 1 is 1.10 bits per heavy atom. The van der Waals surface area contributed by atoms with Gasteiger partial charge in [-0.2, -0.15) is 0 Å². The Kier molecular flexibility index (Phi) is 4.77. The van der Waals surface area contributed by atoms with Gasteiger partial charge in [-0.15, -0.1) is 0 Å². The van der Waals surface area contributed by atoms with Crippen LogP contribution >= 0.6 is 0 Å². The SMILES string of the molecule is COc1cc(C(Cc2ccc(C)cc2)NN)ccc1C. The van der Waals surface area contributed by atoms with Crippen molar-refractivity contribution in [1.29, 1.82) is 0 Å². The first kappa shape index (κ1) is 14.6. The van der Waals surface area contributed by atoms with Crippen LogP contribution in [0.1, 0.15) is 28.3 Å². The Morgan fingerprint density at radius 3 is 2.40 bits per heavy atom. The smallest absolute Gasteiger partial charge is 0.122 e. The summed E-state index contributed by atoms with van der Waals surface area (Å²) in [7, 11) is 1.69. The maximum atomic E-state index is 5.72. The third kappa shape index (κ3) is 3.38. The van der Waals surface area contributed by atoms with Crippen LogP contribution in [0.4, 0.5) is 0 Å². The molecule has 106 valence electrons. The average Bonchev–Trinajstić information content (AvgIpc) is 2.47. The van der Waals surface area contributed by atoms with Crippen LogP contribution in [-0.2, 0) is 6.42 Å². The minimum atomic E-state index is 0.0761. The number of hydrazine groups is 1. The lowest BCUT2D eigenvalue weighted by Gasteiger charge is -2.18. The quantitative estimate of drug-likeness (QED) is 0.648. The first-order valence-electron chi connectivity index (χ1n) is 6.80. The molecule has 0 saturated heterocycles. The van der Waals surface area contributed by atoms with Crippen LogP contribution in [0.3, 0.4) is 0 Å². The van der Waals surface area contributed by atoms with Crippen molar-refractivity contribution in [3.63, 3.8) is 0 Å². The minimum Gasteiger partial charge on any atom is -0.496 e. The van der Waals surface area contributed by atoms with Crippen molar-refractivity contribution in [3.8, 4) is 5.75 Å². The molecule has 0 aliphatic rings. The van der Waals surface area contributed by atoms with Crippen molar-refractivity contribution in [2.45, 2.75) is 26.3 Å². The number of nitrogens with one attached hydrogen (secondary N) is 1. The third-order valence-corrected chi connectivity index (χ3v) is 3.60. The summed E-state index contributed by atoms with van der Waals surface area (Å²) < 4.78 is 5.38. The summed E-state index contributed by atoms with van der Waals surface area (Å²) in [5.74, 6) is 6.62. The Hall–Kier alpha value is -1.84. The van der Waals surface area contributed by atoms with Gasteiger partial charge in [-0.05, 0) is 43.0 Å². The van der Waals surface area contributed by atoms with Crippen molar-refractivity contribution in [3.05, 3.63) is 64.7 Å². The number of aryl methyl sites for hydroxylation is 2. The van der Waals surface area contributed by atoms with E-state index >= 15 is 0 Å². The van der Waals surface area contributed by atoms with Crippen LogP contribution in [0.15, 0.2) is 42.5 Å². The molecule has 0 saturated carbocycles. The van der Waals surface area contributed by atoms with Gasteiger partial charge in [0.25, 0.3) is 0 Å². The second-order valence-corrected chi connectivity index (χ2v) is 5.14. The molecule has 0 aliphatic carbocycles. The predicted molar refractivity (Wildman–Crippen MR) is 82.7 cm³/mol. The number of hydrogen-bond acceptors (Lipinski definition) is 3. The lowest BCUT2D eigenvalue weighted by Crippen LogP contribution is -2.29. The molecule has 1 unspecified atom stereocenters. The Morgan fingerprint density at radius 2 is 1.80 bits per heavy atom. The molecule has 0 heterocycles. The number of ether oxygens (including phenoxy) is 1. The molecule has 0 aromatic heterocycles. The molecule has 0 amide bonds. The Labute approximate surface area is 120 Å². The third-order valence-electron chi connectivity index (χ3n) is 3.60. The summed E-state index contributed by atoms with van der Waals surface area (Å²) in [5.41, 5.74) is 7.69. The molecular weight excluding hydrogens is 248 g/mol. The van der Waals surface area contributed by atoms with E-state index in [-0.39, 0.29) is 6.04 Å². The first-order chi connectivity index (χ1) is 9.63. The van der Waals surface area contributed by atoms with Crippen LogP contribution in [0.5, 0.6) is 5.75 Å². The highest BCUT2D eigenvalue weighted by Crippen LogP contribution is 2.25. The molecule has 2 aromatic rings. The lowest BCUT2D eigenvalue weighted by molar-refractivity contribution is 0.410. The molecule has 0 bridgehead atoms. The Bertz CT molecular complexity index is 564. The summed E-state index contributed by atoms with van der Waals surface area (Å²) in [6.07, 6.45) is 0.850. The number of methoxy groups -OCH3 is 1. The molecule has 3 N–H and O–H groups in total. The summed E-state index contributed by atoms with van der Waals surface area (Å²) in [4.78, 5) is 0. The van der Waals surface area contributed by atoms with E-state index < -0.39 is 0 Å². The van der Waals surface area contributed by atoms with Gasteiger partial charge in [-0.3, -0.25) is 11.3 Å². The van der Waals surface area contributed by atoms with E-state index in [0.29, 0.717) is 0 Å². The van der Waals surface area contributed by atoms with E-state index in [1.165, 1.54) is 11.1 Å². The van der Waals surface area contributed by atoms with Crippen molar-refractivity contribution in [2.75, 3.05) is 7.11 Å². The van der Waals surface area contributed by atoms with Gasteiger partial charge >= 0.3 is 0 Å². The molecule has 2 rings (SSSR count). The van der Waals surface area contributed by atoms with Crippen molar-refractivity contribution < 1.29 is 4.74 Å². The number of nitrogens with two attached hydrogens (primary N) is 1. The molecule has 20 heavy (non-hydrogen) atoms. The lowest BCUT2D eigenvalue weighted by atomic mass is 9.97. The normalized spacial score (nSPS) is 12.2. The topological polar surface area (TPSA) is 47.3 Å². The molecule has 0 radical (unpaired) electrons. The second kappa shape index (κ2) is 6.55. The fraction of sp³-hybridized carbons (Fsp3) is 0.294. The van der Waals surface area contributed by atoms with Crippen molar-refractivity contribution in [2.24, 2.45) is 5.84 Å². The minimum absolute atomic E-state index is 0.0761. The largest absolute Gasteiger partial charge is 0.496 e. The molecule has 3 heteroatoms. The molecule has 1 atom stereocenters. The van der Waals surface area contributed by atoms with E-state index in [1.54, 1.807) is 7.11 Å². The molecular formula is C17H22N2O. The highest BCUT2D eigenvalue weighted by molar-refractivity contribution is 5.38. The van der Waals surface area contributed by atoms with Crippen LogP contribution in [0.2, 0.25) is 0 Å². The van der Waals surface area contributed by atoms with Gasteiger partial charge in [0.2, 0.25) is 0 Å². The zero-order valence-electron chi connectivity index (χ0n) is 12.3. The number of rotatable bonds is 5. The molecule has 0 fully saturated rings. The van der Waals surface area contributed by atoms with Crippen LogP contribution < -0.4 is 16.0 Å².